The van der Waals surface area contributed by atoms with Gasteiger partial charge >= 0.3 is 5.97 Å². The Morgan fingerprint density at radius 3 is 2.52 bits per heavy atom. The SMILES string of the molecule is COC(=O)c1cc(N(C)C2CCC(C)CC2)c(F)cc1N. The Morgan fingerprint density at radius 1 is 1.33 bits per heavy atom. The number of nitrogen functional groups attached to an aromatic ring is 1. The molecule has 0 radical (unpaired) electrons. The first-order chi connectivity index (χ1) is 9.93. The van der Waals surface area contributed by atoms with Gasteiger partial charge in [0.05, 0.1) is 18.4 Å². The van der Waals surface area contributed by atoms with Crippen LogP contribution in [0, 0.1) is 11.7 Å². The van der Waals surface area contributed by atoms with Crippen LogP contribution in [0.25, 0.3) is 0 Å². The fourth-order valence-electron chi connectivity index (χ4n) is 2.96. The number of halogens is 1. The lowest BCUT2D eigenvalue weighted by molar-refractivity contribution is 0.0602. The van der Waals surface area contributed by atoms with Crippen LogP contribution in [-0.4, -0.2) is 26.2 Å². The van der Waals surface area contributed by atoms with Crippen molar-refractivity contribution in [3.63, 3.8) is 0 Å². The van der Waals surface area contributed by atoms with Gasteiger partial charge in [-0.25, -0.2) is 9.18 Å². The van der Waals surface area contributed by atoms with Gasteiger partial charge in [-0.3, -0.25) is 0 Å². The number of ether oxygens (including phenoxy) is 1. The number of hydrogen-bond donors (Lipinski definition) is 1. The monoisotopic (exact) mass is 294 g/mol. The summed E-state index contributed by atoms with van der Waals surface area (Å²) >= 11 is 0. The lowest BCUT2D eigenvalue weighted by Crippen LogP contribution is -2.35. The van der Waals surface area contributed by atoms with E-state index in [0.29, 0.717) is 11.7 Å². The van der Waals surface area contributed by atoms with Crippen LogP contribution in [0.5, 0.6) is 0 Å². The highest BCUT2D eigenvalue weighted by Crippen LogP contribution is 2.32. The van der Waals surface area contributed by atoms with E-state index in [1.165, 1.54) is 19.2 Å². The van der Waals surface area contributed by atoms with Crippen molar-refractivity contribution in [2.24, 2.45) is 5.92 Å². The molecule has 4 nitrogen and oxygen atoms in total. The Balaban J connectivity index is 2.28. The summed E-state index contributed by atoms with van der Waals surface area (Å²) in [5.41, 5.74) is 6.43. The van der Waals surface area contributed by atoms with Crippen molar-refractivity contribution in [1.29, 1.82) is 0 Å². The fourth-order valence-corrected chi connectivity index (χ4v) is 2.96. The van der Waals surface area contributed by atoms with E-state index in [1.807, 2.05) is 11.9 Å². The molecule has 0 aliphatic heterocycles. The highest BCUT2D eigenvalue weighted by atomic mass is 19.1. The third-order valence-corrected chi connectivity index (χ3v) is 4.44. The molecule has 21 heavy (non-hydrogen) atoms. The average molecular weight is 294 g/mol. The molecule has 0 bridgehead atoms. The average Bonchev–Trinajstić information content (AvgIpc) is 2.47. The second kappa shape index (κ2) is 6.33. The highest BCUT2D eigenvalue weighted by Gasteiger charge is 2.25. The Labute approximate surface area is 125 Å². The molecule has 2 rings (SSSR count). The number of nitrogens with zero attached hydrogens (tertiary/aromatic N) is 1. The van der Waals surface area contributed by atoms with E-state index < -0.39 is 11.8 Å². The van der Waals surface area contributed by atoms with E-state index in [0.717, 1.165) is 31.6 Å². The predicted octanol–water partition coefficient (Wildman–Crippen LogP) is 3.21. The molecule has 1 fully saturated rings. The van der Waals surface area contributed by atoms with E-state index >= 15 is 0 Å². The van der Waals surface area contributed by atoms with E-state index in [9.17, 15) is 9.18 Å². The molecule has 0 spiro atoms. The third kappa shape index (κ3) is 3.28. The minimum Gasteiger partial charge on any atom is -0.465 e. The number of anilines is 2. The maximum Gasteiger partial charge on any atom is 0.340 e. The van der Waals surface area contributed by atoms with Crippen molar-refractivity contribution in [1.82, 2.24) is 0 Å². The van der Waals surface area contributed by atoms with Crippen LogP contribution >= 0.6 is 0 Å². The molecule has 0 aromatic heterocycles. The van der Waals surface area contributed by atoms with Gasteiger partial charge in [0.15, 0.2) is 0 Å². The van der Waals surface area contributed by atoms with Gasteiger partial charge in [-0.2, -0.15) is 0 Å². The van der Waals surface area contributed by atoms with Crippen molar-refractivity contribution < 1.29 is 13.9 Å². The maximum atomic E-state index is 14.2. The number of methoxy groups -OCH3 is 1. The third-order valence-electron chi connectivity index (χ3n) is 4.44. The minimum absolute atomic E-state index is 0.105. The Hall–Kier alpha value is -1.78. The smallest absolute Gasteiger partial charge is 0.340 e. The first-order valence-corrected chi connectivity index (χ1v) is 7.34. The molecule has 0 heterocycles. The zero-order valence-corrected chi connectivity index (χ0v) is 12.9. The second-order valence-corrected chi connectivity index (χ2v) is 5.91. The largest absolute Gasteiger partial charge is 0.465 e. The molecule has 1 aliphatic carbocycles. The number of carbonyl (C=O) groups is 1. The normalized spacial score (nSPS) is 21.9. The number of rotatable bonds is 3. The van der Waals surface area contributed by atoms with Crippen molar-refractivity contribution in [3.05, 3.63) is 23.5 Å². The fraction of sp³-hybridized carbons (Fsp3) is 0.562. The van der Waals surface area contributed by atoms with Gasteiger partial charge in [0.2, 0.25) is 0 Å². The number of hydrogen-bond acceptors (Lipinski definition) is 4. The van der Waals surface area contributed by atoms with E-state index in [4.69, 9.17) is 10.5 Å². The number of benzene rings is 1. The highest BCUT2D eigenvalue weighted by molar-refractivity contribution is 5.96. The Bertz CT molecular complexity index is 525. The van der Waals surface area contributed by atoms with E-state index in [2.05, 4.69) is 6.92 Å². The Kier molecular flexibility index (Phi) is 4.70. The maximum absolute atomic E-state index is 14.2. The molecule has 0 unspecified atom stereocenters. The molecule has 5 heteroatoms. The molecule has 1 saturated carbocycles. The molecular weight excluding hydrogens is 271 g/mol. The molecule has 0 atom stereocenters. The Morgan fingerprint density at radius 2 is 1.95 bits per heavy atom. The predicted molar refractivity (Wildman–Crippen MR) is 82.0 cm³/mol. The van der Waals surface area contributed by atoms with Gasteiger partial charge in [-0.05, 0) is 43.7 Å². The van der Waals surface area contributed by atoms with Gasteiger partial charge in [-0.15, -0.1) is 0 Å². The van der Waals surface area contributed by atoms with Crippen LogP contribution in [0.4, 0.5) is 15.8 Å². The van der Waals surface area contributed by atoms with Crippen LogP contribution < -0.4 is 10.6 Å². The number of carbonyl (C=O) groups excluding carboxylic acids is 1. The second-order valence-electron chi connectivity index (χ2n) is 5.91. The molecule has 1 aromatic carbocycles. The molecule has 0 saturated heterocycles. The lowest BCUT2D eigenvalue weighted by atomic mass is 9.86. The van der Waals surface area contributed by atoms with E-state index in [-0.39, 0.29) is 11.3 Å². The summed E-state index contributed by atoms with van der Waals surface area (Å²) in [5, 5.41) is 0. The van der Waals surface area contributed by atoms with Crippen molar-refractivity contribution >= 4 is 17.3 Å². The van der Waals surface area contributed by atoms with Crippen LogP contribution in [-0.2, 0) is 4.74 Å². The molecule has 116 valence electrons. The summed E-state index contributed by atoms with van der Waals surface area (Å²) in [4.78, 5) is 13.6. The van der Waals surface area contributed by atoms with Crippen LogP contribution in [0.2, 0.25) is 0 Å². The van der Waals surface area contributed by atoms with Crippen molar-refractivity contribution in [2.45, 2.75) is 38.6 Å². The number of nitrogens with two attached hydrogens (primary N) is 1. The topological polar surface area (TPSA) is 55.6 Å². The van der Waals surface area contributed by atoms with Crippen LogP contribution in [0.3, 0.4) is 0 Å². The summed E-state index contributed by atoms with van der Waals surface area (Å²) < 4.78 is 18.9. The number of esters is 1. The van der Waals surface area contributed by atoms with E-state index in [1.54, 1.807) is 0 Å². The lowest BCUT2D eigenvalue weighted by Gasteiger charge is -2.35. The standard InChI is InChI=1S/C16H23FN2O2/c1-10-4-6-11(7-5-10)19(2)15-8-12(16(20)21-3)14(18)9-13(15)17/h8-11H,4-7,18H2,1-3H3. The van der Waals surface area contributed by atoms with Gasteiger partial charge in [0, 0.05) is 18.8 Å². The van der Waals surface area contributed by atoms with Gasteiger partial charge in [-0.1, -0.05) is 6.92 Å². The first kappa shape index (κ1) is 15.6. The minimum atomic E-state index is -0.542. The van der Waals surface area contributed by atoms with Gasteiger partial charge < -0.3 is 15.4 Å². The summed E-state index contributed by atoms with van der Waals surface area (Å²) in [7, 11) is 3.16. The van der Waals surface area contributed by atoms with Gasteiger partial charge in [0.25, 0.3) is 0 Å². The van der Waals surface area contributed by atoms with Crippen molar-refractivity contribution in [2.75, 3.05) is 24.8 Å². The first-order valence-electron chi connectivity index (χ1n) is 7.34. The van der Waals surface area contributed by atoms with Crippen molar-refractivity contribution in [3.8, 4) is 0 Å². The summed E-state index contributed by atoms with van der Waals surface area (Å²) in [6.45, 7) is 2.25. The molecule has 1 aromatic rings. The molecule has 0 amide bonds. The van der Waals surface area contributed by atoms with Crippen LogP contribution in [0.1, 0.15) is 43.0 Å². The summed E-state index contributed by atoms with van der Waals surface area (Å²) in [5.74, 6) is -0.211. The molecule has 1 aliphatic rings. The van der Waals surface area contributed by atoms with Crippen LogP contribution in [0.15, 0.2) is 12.1 Å². The summed E-state index contributed by atoms with van der Waals surface area (Å²) in [6.07, 6.45) is 4.37. The summed E-state index contributed by atoms with van der Waals surface area (Å²) in [6, 6.07) is 2.99. The zero-order valence-electron chi connectivity index (χ0n) is 12.9. The molecular formula is C16H23FN2O2. The molecule has 2 N–H and O–H groups in total. The zero-order chi connectivity index (χ0) is 15.6. The van der Waals surface area contributed by atoms with Gasteiger partial charge in [0.1, 0.15) is 5.82 Å². The quantitative estimate of drug-likeness (QED) is 0.687.